The molecule has 0 fully saturated rings. The molecule has 1 atom stereocenters. The van der Waals surface area contributed by atoms with Gasteiger partial charge in [0, 0.05) is 17.9 Å². The van der Waals surface area contributed by atoms with Gasteiger partial charge >= 0.3 is 17.6 Å². The molecule has 0 bridgehead atoms. The third kappa shape index (κ3) is 3.79. The Kier molecular flexibility index (Phi) is 6.22. The van der Waals surface area contributed by atoms with Gasteiger partial charge in [-0.05, 0) is 5.56 Å². The van der Waals surface area contributed by atoms with Gasteiger partial charge in [0.1, 0.15) is 0 Å². The number of ketones is 1. The van der Waals surface area contributed by atoms with E-state index in [2.05, 4.69) is 9.47 Å². The molecule has 2 rings (SSSR count). The SMILES string of the molecule is COC(=O)C(F)(C(=O)OC)[C@H](CC(=O)c1ccccc1)c1ccccc1. The zero-order valence-corrected chi connectivity index (χ0v) is 14.5. The van der Waals surface area contributed by atoms with Crippen molar-refractivity contribution in [2.45, 2.75) is 18.0 Å². The number of rotatable bonds is 7. The molecule has 0 saturated heterocycles. The first kappa shape index (κ1) is 19.3. The third-order valence-electron chi connectivity index (χ3n) is 4.13. The third-order valence-corrected chi connectivity index (χ3v) is 4.13. The van der Waals surface area contributed by atoms with Gasteiger partial charge in [-0.3, -0.25) is 4.79 Å². The maximum atomic E-state index is 15.7. The first-order chi connectivity index (χ1) is 12.4. The Morgan fingerprint density at radius 3 is 1.81 bits per heavy atom. The van der Waals surface area contributed by atoms with Gasteiger partial charge in [0.15, 0.2) is 5.78 Å². The van der Waals surface area contributed by atoms with Gasteiger partial charge in [0.05, 0.1) is 14.2 Å². The average Bonchev–Trinajstić information content (AvgIpc) is 2.71. The van der Waals surface area contributed by atoms with E-state index in [0.29, 0.717) is 11.1 Å². The van der Waals surface area contributed by atoms with Crippen LogP contribution in [-0.4, -0.2) is 37.6 Å². The Balaban J connectivity index is 2.51. The van der Waals surface area contributed by atoms with Gasteiger partial charge in [-0.25, -0.2) is 14.0 Å². The number of alkyl halides is 1. The number of halogens is 1. The van der Waals surface area contributed by atoms with Crippen molar-refractivity contribution in [3.63, 3.8) is 0 Å². The topological polar surface area (TPSA) is 69.7 Å². The second-order valence-electron chi connectivity index (χ2n) is 5.65. The minimum atomic E-state index is -3.14. The van der Waals surface area contributed by atoms with Crippen molar-refractivity contribution in [3.05, 3.63) is 71.8 Å². The summed E-state index contributed by atoms with van der Waals surface area (Å²) < 4.78 is 24.7. The number of ether oxygens (including phenoxy) is 2. The maximum Gasteiger partial charge on any atom is 0.356 e. The summed E-state index contributed by atoms with van der Waals surface area (Å²) in [4.78, 5) is 36.9. The van der Waals surface area contributed by atoms with E-state index in [1.807, 2.05) is 0 Å². The molecule has 0 aromatic heterocycles. The maximum absolute atomic E-state index is 15.7. The van der Waals surface area contributed by atoms with Crippen molar-refractivity contribution in [1.82, 2.24) is 0 Å². The quantitative estimate of drug-likeness (QED) is 0.432. The van der Waals surface area contributed by atoms with Crippen LogP contribution < -0.4 is 0 Å². The first-order valence-corrected chi connectivity index (χ1v) is 7.94. The van der Waals surface area contributed by atoms with E-state index >= 15 is 4.39 Å². The molecule has 2 aromatic rings. The lowest BCUT2D eigenvalue weighted by molar-refractivity contribution is -0.173. The van der Waals surface area contributed by atoms with E-state index in [4.69, 9.17) is 0 Å². The van der Waals surface area contributed by atoms with Gasteiger partial charge in [-0.1, -0.05) is 60.7 Å². The van der Waals surface area contributed by atoms with E-state index in [0.717, 1.165) is 14.2 Å². The molecule has 0 saturated carbocycles. The number of esters is 2. The fraction of sp³-hybridized carbons (Fsp3) is 0.250. The minimum Gasteiger partial charge on any atom is -0.466 e. The predicted octanol–water partition coefficient (Wildman–Crippen LogP) is 3.10. The standard InChI is InChI=1S/C20H19FO5/c1-25-18(23)20(21,19(24)26-2)16(14-9-5-3-6-10-14)13-17(22)15-11-7-4-8-12-15/h3-12,16H,13H2,1-2H3/t16-/m1/s1. The highest BCUT2D eigenvalue weighted by Gasteiger charge is 2.56. The molecule has 2 aromatic carbocycles. The average molecular weight is 358 g/mol. The van der Waals surface area contributed by atoms with Crippen molar-refractivity contribution in [1.29, 1.82) is 0 Å². The summed E-state index contributed by atoms with van der Waals surface area (Å²) >= 11 is 0. The van der Waals surface area contributed by atoms with Crippen molar-refractivity contribution in [3.8, 4) is 0 Å². The highest BCUT2D eigenvalue weighted by atomic mass is 19.1. The van der Waals surface area contributed by atoms with Crippen molar-refractivity contribution in [2.75, 3.05) is 14.2 Å². The monoisotopic (exact) mass is 358 g/mol. The van der Waals surface area contributed by atoms with Gasteiger partial charge < -0.3 is 9.47 Å². The first-order valence-electron chi connectivity index (χ1n) is 7.94. The summed E-state index contributed by atoms with van der Waals surface area (Å²) in [5, 5.41) is 0. The van der Waals surface area contributed by atoms with Crippen LogP contribution in [0.25, 0.3) is 0 Å². The van der Waals surface area contributed by atoms with Crippen LogP contribution >= 0.6 is 0 Å². The summed E-state index contributed by atoms with van der Waals surface area (Å²) in [5.41, 5.74) is -2.48. The lowest BCUT2D eigenvalue weighted by Gasteiger charge is -2.29. The van der Waals surface area contributed by atoms with Crippen LogP contribution in [0.5, 0.6) is 0 Å². The number of Topliss-reactive ketones (excluding diaryl/α,β-unsaturated/α-hetero) is 1. The lowest BCUT2D eigenvalue weighted by Crippen LogP contribution is -2.49. The molecule has 0 amide bonds. The summed E-state index contributed by atoms with van der Waals surface area (Å²) in [6, 6.07) is 16.3. The van der Waals surface area contributed by atoms with E-state index in [1.54, 1.807) is 60.7 Å². The van der Waals surface area contributed by atoms with E-state index in [1.165, 1.54) is 0 Å². The molecule has 0 spiro atoms. The van der Waals surface area contributed by atoms with Gasteiger partial charge in [0.25, 0.3) is 0 Å². The van der Waals surface area contributed by atoms with E-state index < -0.39 is 35.7 Å². The second-order valence-corrected chi connectivity index (χ2v) is 5.65. The zero-order valence-electron chi connectivity index (χ0n) is 14.5. The van der Waals surface area contributed by atoms with E-state index in [-0.39, 0.29) is 0 Å². The Morgan fingerprint density at radius 1 is 0.885 bits per heavy atom. The van der Waals surface area contributed by atoms with Crippen molar-refractivity contribution >= 4 is 17.7 Å². The van der Waals surface area contributed by atoms with Crippen molar-refractivity contribution in [2.24, 2.45) is 0 Å². The smallest absolute Gasteiger partial charge is 0.356 e. The summed E-state index contributed by atoms with van der Waals surface area (Å²) in [6.07, 6.45) is -0.408. The van der Waals surface area contributed by atoms with Crippen LogP contribution in [0.4, 0.5) is 4.39 Å². The molecule has 5 nitrogen and oxygen atoms in total. The molecule has 0 aliphatic rings. The molecule has 0 N–H and O–H groups in total. The molecule has 0 aliphatic heterocycles. The largest absolute Gasteiger partial charge is 0.466 e. The highest BCUT2D eigenvalue weighted by molar-refractivity contribution is 6.06. The Morgan fingerprint density at radius 2 is 1.35 bits per heavy atom. The Bertz CT molecular complexity index is 757. The number of methoxy groups -OCH3 is 2. The van der Waals surface area contributed by atoms with Crippen LogP contribution in [0.1, 0.15) is 28.3 Å². The van der Waals surface area contributed by atoms with Crippen LogP contribution in [-0.2, 0) is 19.1 Å². The number of hydrogen-bond donors (Lipinski definition) is 0. The number of benzene rings is 2. The van der Waals surface area contributed by atoms with Crippen LogP contribution in [0.3, 0.4) is 0 Å². The van der Waals surface area contributed by atoms with Crippen molar-refractivity contribution < 1.29 is 28.2 Å². The molecule has 136 valence electrons. The second kappa shape index (κ2) is 8.38. The fourth-order valence-electron chi connectivity index (χ4n) is 2.77. The molecular weight excluding hydrogens is 339 g/mol. The Hall–Kier alpha value is -3.02. The molecular formula is C20H19FO5. The lowest BCUT2D eigenvalue weighted by atomic mass is 9.79. The number of carbonyl (C=O) groups is 3. The zero-order chi connectivity index (χ0) is 19.2. The van der Waals surface area contributed by atoms with Gasteiger partial charge in [-0.2, -0.15) is 0 Å². The molecule has 6 heteroatoms. The van der Waals surface area contributed by atoms with Gasteiger partial charge in [0.2, 0.25) is 0 Å². The van der Waals surface area contributed by atoms with Gasteiger partial charge in [-0.15, -0.1) is 0 Å². The molecule has 0 radical (unpaired) electrons. The summed E-state index contributed by atoms with van der Waals surface area (Å²) in [6.45, 7) is 0. The van der Waals surface area contributed by atoms with E-state index in [9.17, 15) is 14.4 Å². The minimum absolute atomic E-state index is 0.315. The normalized spacial score (nSPS) is 12.1. The fourth-order valence-corrected chi connectivity index (χ4v) is 2.77. The number of carbonyl (C=O) groups excluding carboxylic acids is 3. The summed E-state index contributed by atoms with van der Waals surface area (Å²) in [7, 11) is 1.95. The predicted molar refractivity (Wildman–Crippen MR) is 92.4 cm³/mol. The molecule has 0 unspecified atom stereocenters. The van der Waals surface area contributed by atoms with Crippen LogP contribution in [0, 0.1) is 0 Å². The Labute approximate surface area is 150 Å². The molecule has 0 aliphatic carbocycles. The molecule has 26 heavy (non-hydrogen) atoms. The summed E-state index contributed by atoms with van der Waals surface area (Å²) in [5.74, 6) is -4.61. The van der Waals surface area contributed by atoms with Crippen LogP contribution in [0.15, 0.2) is 60.7 Å². The molecule has 0 heterocycles. The highest BCUT2D eigenvalue weighted by Crippen LogP contribution is 2.38. The number of hydrogen-bond acceptors (Lipinski definition) is 5. The van der Waals surface area contributed by atoms with Crippen LogP contribution in [0.2, 0.25) is 0 Å².